The molecule has 0 aromatic heterocycles. The second kappa shape index (κ2) is 5.80. The second-order valence-corrected chi connectivity index (χ2v) is 3.49. The van der Waals surface area contributed by atoms with E-state index in [1.54, 1.807) is 0 Å². The SMILES string of the molecule is CC(C)C[C@@H](NC(=O)CCl)C(=O)O. The lowest BCUT2D eigenvalue weighted by Crippen LogP contribution is -2.42. The molecule has 0 aliphatic carbocycles. The van der Waals surface area contributed by atoms with Gasteiger partial charge in [0.15, 0.2) is 0 Å². The maximum atomic E-state index is 10.8. The lowest BCUT2D eigenvalue weighted by Gasteiger charge is -2.15. The van der Waals surface area contributed by atoms with Crippen molar-refractivity contribution in [3.63, 3.8) is 0 Å². The zero-order valence-electron chi connectivity index (χ0n) is 7.71. The topological polar surface area (TPSA) is 66.4 Å². The van der Waals surface area contributed by atoms with E-state index >= 15 is 0 Å². The Labute approximate surface area is 82.3 Å². The number of halogens is 1. The van der Waals surface area contributed by atoms with Crippen LogP contribution < -0.4 is 5.32 Å². The quantitative estimate of drug-likeness (QED) is 0.657. The van der Waals surface area contributed by atoms with Crippen LogP contribution >= 0.6 is 11.6 Å². The molecule has 0 aliphatic heterocycles. The van der Waals surface area contributed by atoms with Gasteiger partial charge in [0.25, 0.3) is 0 Å². The summed E-state index contributed by atoms with van der Waals surface area (Å²) >= 11 is 5.23. The number of carbonyl (C=O) groups is 2. The Balaban J connectivity index is 4.10. The molecule has 0 unspecified atom stereocenters. The number of amides is 1. The number of alkyl halides is 1. The molecule has 0 aliphatic rings. The van der Waals surface area contributed by atoms with E-state index in [9.17, 15) is 9.59 Å². The number of hydrogen-bond donors (Lipinski definition) is 2. The van der Waals surface area contributed by atoms with Crippen molar-refractivity contribution in [1.29, 1.82) is 0 Å². The third-order valence-corrected chi connectivity index (χ3v) is 1.70. The molecule has 0 radical (unpaired) electrons. The van der Waals surface area contributed by atoms with E-state index in [0.29, 0.717) is 6.42 Å². The van der Waals surface area contributed by atoms with Gasteiger partial charge in [-0.3, -0.25) is 4.79 Å². The number of rotatable bonds is 5. The van der Waals surface area contributed by atoms with Gasteiger partial charge in [-0.15, -0.1) is 11.6 Å². The third-order valence-electron chi connectivity index (χ3n) is 1.46. The molecule has 4 nitrogen and oxygen atoms in total. The predicted octanol–water partition coefficient (Wildman–Crippen LogP) is 0.841. The van der Waals surface area contributed by atoms with Gasteiger partial charge >= 0.3 is 5.97 Å². The van der Waals surface area contributed by atoms with Crippen LogP contribution in [-0.2, 0) is 9.59 Å². The summed E-state index contributed by atoms with van der Waals surface area (Å²) in [5.41, 5.74) is 0. The fourth-order valence-corrected chi connectivity index (χ4v) is 1.00. The Hall–Kier alpha value is -0.770. The van der Waals surface area contributed by atoms with Crippen LogP contribution in [0.5, 0.6) is 0 Å². The Kier molecular flexibility index (Phi) is 5.46. The highest BCUT2D eigenvalue weighted by Crippen LogP contribution is 2.04. The van der Waals surface area contributed by atoms with Crippen molar-refractivity contribution in [3.05, 3.63) is 0 Å². The van der Waals surface area contributed by atoms with E-state index in [-0.39, 0.29) is 11.8 Å². The molecule has 0 saturated heterocycles. The van der Waals surface area contributed by atoms with Crippen LogP contribution in [0.3, 0.4) is 0 Å². The van der Waals surface area contributed by atoms with Gasteiger partial charge in [-0.25, -0.2) is 4.79 Å². The fourth-order valence-electron chi connectivity index (χ4n) is 0.926. The van der Waals surface area contributed by atoms with Crippen molar-refractivity contribution in [3.8, 4) is 0 Å². The first-order valence-electron chi connectivity index (χ1n) is 4.05. The Morgan fingerprint density at radius 3 is 2.31 bits per heavy atom. The number of carboxylic acid groups (broad SMARTS) is 1. The summed E-state index contributed by atoms with van der Waals surface area (Å²) in [4.78, 5) is 21.4. The molecule has 0 spiro atoms. The molecular formula is C8H14ClNO3. The highest BCUT2D eigenvalue weighted by Gasteiger charge is 2.20. The lowest BCUT2D eigenvalue weighted by molar-refractivity contribution is -0.141. The first kappa shape index (κ1) is 12.2. The van der Waals surface area contributed by atoms with E-state index < -0.39 is 17.9 Å². The van der Waals surface area contributed by atoms with Crippen molar-refractivity contribution >= 4 is 23.5 Å². The van der Waals surface area contributed by atoms with Gasteiger partial charge in [-0.2, -0.15) is 0 Å². The Bertz CT molecular complexity index is 194. The van der Waals surface area contributed by atoms with Crippen LogP contribution in [-0.4, -0.2) is 28.9 Å². The molecule has 5 heteroatoms. The van der Waals surface area contributed by atoms with Gasteiger partial charge in [0.05, 0.1) is 0 Å². The fraction of sp³-hybridized carbons (Fsp3) is 0.750. The molecule has 0 heterocycles. The molecule has 0 rings (SSSR count). The summed E-state index contributed by atoms with van der Waals surface area (Å²) in [6, 6.07) is -0.828. The normalized spacial score (nSPS) is 12.6. The summed E-state index contributed by atoms with van der Waals surface area (Å²) in [5, 5.41) is 11.0. The molecule has 76 valence electrons. The number of nitrogens with one attached hydrogen (secondary N) is 1. The van der Waals surface area contributed by atoms with Crippen molar-refractivity contribution in [1.82, 2.24) is 5.32 Å². The largest absolute Gasteiger partial charge is 0.480 e. The number of aliphatic carboxylic acids is 1. The van der Waals surface area contributed by atoms with Crippen LogP contribution in [0.4, 0.5) is 0 Å². The average molecular weight is 208 g/mol. The molecule has 0 fully saturated rings. The molecule has 0 aromatic carbocycles. The van der Waals surface area contributed by atoms with Crippen LogP contribution in [0.1, 0.15) is 20.3 Å². The Morgan fingerprint density at radius 2 is 2.00 bits per heavy atom. The summed E-state index contributed by atoms with van der Waals surface area (Å²) in [7, 11) is 0. The van der Waals surface area contributed by atoms with Crippen LogP contribution in [0.2, 0.25) is 0 Å². The molecule has 13 heavy (non-hydrogen) atoms. The molecule has 1 amide bonds. The second-order valence-electron chi connectivity index (χ2n) is 3.22. The maximum Gasteiger partial charge on any atom is 0.326 e. The number of hydrogen-bond acceptors (Lipinski definition) is 2. The minimum Gasteiger partial charge on any atom is -0.480 e. The minimum atomic E-state index is -1.02. The van der Waals surface area contributed by atoms with E-state index in [2.05, 4.69) is 5.32 Å². The van der Waals surface area contributed by atoms with Gasteiger partial charge in [0.1, 0.15) is 11.9 Å². The van der Waals surface area contributed by atoms with Crippen molar-refractivity contribution < 1.29 is 14.7 Å². The standard InChI is InChI=1S/C8H14ClNO3/c1-5(2)3-6(8(12)13)10-7(11)4-9/h5-6H,3-4H2,1-2H3,(H,10,11)(H,12,13)/t6-/m1/s1. The first-order valence-corrected chi connectivity index (χ1v) is 4.59. The van der Waals surface area contributed by atoms with Crippen molar-refractivity contribution in [2.75, 3.05) is 5.88 Å². The van der Waals surface area contributed by atoms with E-state index in [1.165, 1.54) is 0 Å². The van der Waals surface area contributed by atoms with E-state index in [1.807, 2.05) is 13.8 Å². The smallest absolute Gasteiger partial charge is 0.326 e. The van der Waals surface area contributed by atoms with Crippen LogP contribution in [0.25, 0.3) is 0 Å². The lowest BCUT2D eigenvalue weighted by atomic mass is 10.0. The third kappa shape index (κ3) is 5.47. The molecule has 0 aromatic rings. The Morgan fingerprint density at radius 1 is 1.46 bits per heavy atom. The van der Waals surface area contributed by atoms with Gasteiger partial charge in [0.2, 0.25) is 5.91 Å². The van der Waals surface area contributed by atoms with Gasteiger partial charge in [-0.05, 0) is 12.3 Å². The zero-order chi connectivity index (χ0) is 10.4. The first-order chi connectivity index (χ1) is 5.97. The molecular weight excluding hydrogens is 194 g/mol. The molecule has 0 saturated carbocycles. The monoisotopic (exact) mass is 207 g/mol. The van der Waals surface area contributed by atoms with Gasteiger partial charge < -0.3 is 10.4 Å². The highest BCUT2D eigenvalue weighted by molar-refractivity contribution is 6.27. The van der Waals surface area contributed by atoms with Crippen molar-refractivity contribution in [2.45, 2.75) is 26.3 Å². The number of carboxylic acids is 1. The van der Waals surface area contributed by atoms with Crippen LogP contribution in [0, 0.1) is 5.92 Å². The van der Waals surface area contributed by atoms with Crippen LogP contribution in [0.15, 0.2) is 0 Å². The zero-order valence-corrected chi connectivity index (χ0v) is 8.47. The maximum absolute atomic E-state index is 10.8. The molecule has 1 atom stereocenters. The predicted molar refractivity (Wildman–Crippen MR) is 49.7 cm³/mol. The average Bonchev–Trinajstić information content (AvgIpc) is 2.02. The molecule has 0 bridgehead atoms. The number of carbonyl (C=O) groups excluding carboxylic acids is 1. The summed E-state index contributed by atoms with van der Waals surface area (Å²) in [6.07, 6.45) is 0.415. The van der Waals surface area contributed by atoms with E-state index in [0.717, 1.165) is 0 Å². The molecule has 2 N–H and O–H groups in total. The minimum absolute atomic E-state index is 0.206. The van der Waals surface area contributed by atoms with Gasteiger partial charge in [-0.1, -0.05) is 13.8 Å². The highest BCUT2D eigenvalue weighted by atomic mass is 35.5. The van der Waals surface area contributed by atoms with Crippen molar-refractivity contribution in [2.24, 2.45) is 5.92 Å². The summed E-state index contributed by atoms with van der Waals surface area (Å²) in [5.74, 6) is -1.46. The summed E-state index contributed by atoms with van der Waals surface area (Å²) in [6.45, 7) is 3.78. The van der Waals surface area contributed by atoms with Gasteiger partial charge in [0, 0.05) is 0 Å². The van der Waals surface area contributed by atoms with E-state index in [4.69, 9.17) is 16.7 Å². The summed E-state index contributed by atoms with van der Waals surface area (Å²) < 4.78 is 0.